The van der Waals surface area contributed by atoms with Crippen molar-refractivity contribution < 1.29 is 9.53 Å². The molecule has 158 valence electrons. The van der Waals surface area contributed by atoms with Crippen LogP contribution in [-0.2, 0) is 0 Å². The average molecular weight is 483 g/mol. The summed E-state index contributed by atoms with van der Waals surface area (Å²) in [5, 5.41) is 10.8. The lowest BCUT2D eigenvalue weighted by molar-refractivity contribution is 0.0734. The molecule has 0 atom stereocenters. The lowest BCUT2D eigenvalue weighted by atomic mass is 9.85. The first kappa shape index (κ1) is 20.7. The van der Waals surface area contributed by atoms with E-state index >= 15 is 0 Å². The summed E-state index contributed by atoms with van der Waals surface area (Å²) in [4.78, 5) is 37.3. The molecular weight excluding hydrogens is 464 g/mol. The van der Waals surface area contributed by atoms with Crippen molar-refractivity contribution in [2.75, 3.05) is 0 Å². The molecule has 0 saturated carbocycles. The first-order chi connectivity index (χ1) is 14.8. The predicted octanol–water partition coefficient (Wildman–Crippen LogP) is 3.50. The average Bonchev–Trinajstić information content (AvgIpc) is 3.26. The number of benzene rings is 2. The van der Waals surface area contributed by atoms with Crippen LogP contribution in [0.15, 0.2) is 62.6 Å². The van der Waals surface area contributed by atoms with Gasteiger partial charge < -0.3 is 14.9 Å². The highest BCUT2D eigenvalue weighted by Crippen LogP contribution is 2.32. The Hall–Kier alpha value is -3.59. The largest absolute Gasteiger partial charge is 0.423 e. The Balaban J connectivity index is 1.69. The van der Waals surface area contributed by atoms with Gasteiger partial charge in [0.05, 0.1) is 16.7 Å². The number of carbonyl (C=O) groups is 1. The van der Waals surface area contributed by atoms with Gasteiger partial charge in [0.15, 0.2) is 0 Å². The fraction of sp³-hybridized carbons (Fsp3) is 0.136. The SMILES string of the molecule is Cc1[nH][nH]c(=O)c1C(c1ccc(OC(=O)c2ccc(Br)cc2)cc1)c1c(C)[nH][nH]c1=O. The van der Waals surface area contributed by atoms with Crippen molar-refractivity contribution in [1.29, 1.82) is 0 Å². The molecule has 9 heteroatoms. The van der Waals surface area contributed by atoms with Gasteiger partial charge in [-0.2, -0.15) is 0 Å². The fourth-order valence-corrected chi connectivity index (χ4v) is 3.83. The smallest absolute Gasteiger partial charge is 0.343 e. The summed E-state index contributed by atoms with van der Waals surface area (Å²) in [6.07, 6.45) is 0. The Morgan fingerprint density at radius 1 is 0.806 bits per heavy atom. The molecule has 0 spiro atoms. The van der Waals surface area contributed by atoms with Gasteiger partial charge in [0, 0.05) is 21.8 Å². The third-order valence-corrected chi connectivity index (χ3v) is 5.63. The van der Waals surface area contributed by atoms with Crippen molar-refractivity contribution in [2.24, 2.45) is 0 Å². The molecule has 0 amide bonds. The number of esters is 1. The monoisotopic (exact) mass is 482 g/mol. The van der Waals surface area contributed by atoms with Crippen LogP contribution >= 0.6 is 15.9 Å². The van der Waals surface area contributed by atoms with Crippen LogP contribution in [0.3, 0.4) is 0 Å². The van der Waals surface area contributed by atoms with E-state index in [0.717, 1.165) is 4.47 Å². The highest BCUT2D eigenvalue weighted by Gasteiger charge is 2.28. The van der Waals surface area contributed by atoms with E-state index in [1.54, 1.807) is 62.4 Å². The van der Waals surface area contributed by atoms with E-state index < -0.39 is 11.9 Å². The summed E-state index contributed by atoms with van der Waals surface area (Å²) in [5.41, 5.74) is 2.72. The number of rotatable bonds is 5. The van der Waals surface area contributed by atoms with E-state index in [2.05, 4.69) is 36.3 Å². The van der Waals surface area contributed by atoms with Crippen LogP contribution in [0.1, 0.15) is 44.4 Å². The number of hydrogen-bond donors (Lipinski definition) is 4. The molecule has 2 heterocycles. The zero-order chi connectivity index (χ0) is 22.1. The quantitative estimate of drug-likeness (QED) is 0.256. The molecule has 0 aliphatic heterocycles. The Morgan fingerprint density at radius 2 is 1.32 bits per heavy atom. The zero-order valence-electron chi connectivity index (χ0n) is 16.7. The van der Waals surface area contributed by atoms with Crippen molar-refractivity contribution in [2.45, 2.75) is 19.8 Å². The van der Waals surface area contributed by atoms with Crippen LogP contribution in [0.25, 0.3) is 0 Å². The van der Waals surface area contributed by atoms with Crippen molar-refractivity contribution in [3.8, 4) is 5.75 Å². The molecule has 4 rings (SSSR count). The van der Waals surface area contributed by atoms with E-state index in [1.807, 2.05) is 0 Å². The number of nitrogens with one attached hydrogen (secondary N) is 4. The maximum atomic E-state index is 12.5. The maximum Gasteiger partial charge on any atom is 0.343 e. The van der Waals surface area contributed by atoms with Gasteiger partial charge in [-0.1, -0.05) is 28.1 Å². The van der Waals surface area contributed by atoms with E-state index in [4.69, 9.17) is 4.74 Å². The van der Waals surface area contributed by atoms with Crippen LogP contribution < -0.4 is 15.9 Å². The van der Waals surface area contributed by atoms with Crippen LogP contribution in [0.5, 0.6) is 5.75 Å². The molecule has 0 aliphatic carbocycles. The second kappa shape index (κ2) is 8.27. The van der Waals surface area contributed by atoms with Crippen LogP contribution in [0.4, 0.5) is 0 Å². The van der Waals surface area contributed by atoms with Gasteiger partial charge in [0.1, 0.15) is 5.75 Å². The summed E-state index contributed by atoms with van der Waals surface area (Å²) in [6.45, 7) is 3.54. The molecular formula is C22H19BrN4O4. The molecule has 31 heavy (non-hydrogen) atoms. The molecule has 2 aromatic heterocycles. The molecule has 0 radical (unpaired) electrons. The van der Waals surface area contributed by atoms with Gasteiger partial charge in [-0.15, -0.1) is 0 Å². The van der Waals surface area contributed by atoms with Gasteiger partial charge in [-0.25, -0.2) is 4.79 Å². The summed E-state index contributed by atoms with van der Waals surface area (Å²) in [6, 6.07) is 13.6. The van der Waals surface area contributed by atoms with E-state index in [1.165, 1.54) is 0 Å². The predicted molar refractivity (Wildman–Crippen MR) is 119 cm³/mol. The van der Waals surface area contributed by atoms with E-state index in [0.29, 0.717) is 39.4 Å². The summed E-state index contributed by atoms with van der Waals surface area (Å²) >= 11 is 3.33. The highest BCUT2D eigenvalue weighted by molar-refractivity contribution is 9.10. The molecule has 2 aromatic carbocycles. The Morgan fingerprint density at radius 3 is 1.77 bits per heavy atom. The highest BCUT2D eigenvalue weighted by atomic mass is 79.9. The van der Waals surface area contributed by atoms with Gasteiger partial charge in [-0.3, -0.25) is 19.8 Å². The van der Waals surface area contributed by atoms with Crippen molar-refractivity contribution in [1.82, 2.24) is 20.4 Å². The molecule has 4 N–H and O–H groups in total. The fourth-order valence-electron chi connectivity index (χ4n) is 3.56. The number of aromatic nitrogens is 4. The Kier molecular flexibility index (Phi) is 5.51. The second-order valence-corrected chi connectivity index (χ2v) is 8.05. The molecule has 0 saturated heterocycles. The standard InChI is InChI=1S/C22H19BrN4O4/c1-11-17(20(28)26-24-11)19(18-12(2)25-27-21(18)29)13-5-9-16(10-6-13)31-22(30)14-3-7-15(23)8-4-14/h3-10,19H,1-2H3,(H2,24,26,28)(H2,25,27,29). The summed E-state index contributed by atoms with van der Waals surface area (Å²) < 4.78 is 6.31. The van der Waals surface area contributed by atoms with Gasteiger partial charge in [-0.05, 0) is 55.8 Å². The number of aromatic amines is 4. The van der Waals surface area contributed by atoms with Crippen LogP contribution in [0.2, 0.25) is 0 Å². The number of ether oxygens (including phenoxy) is 1. The first-order valence-electron chi connectivity index (χ1n) is 9.47. The maximum absolute atomic E-state index is 12.5. The topological polar surface area (TPSA) is 124 Å². The molecule has 4 aromatic rings. The summed E-state index contributed by atoms with van der Waals surface area (Å²) in [7, 11) is 0. The zero-order valence-corrected chi connectivity index (χ0v) is 18.3. The third-order valence-electron chi connectivity index (χ3n) is 5.11. The van der Waals surface area contributed by atoms with Crippen LogP contribution in [0, 0.1) is 13.8 Å². The second-order valence-electron chi connectivity index (χ2n) is 7.13. The van der Waals surface area contributed by atoms with Crippen molar-refractivity contribution in [3.05, 3.63) is 107 Å². The first-order valence-corrected chi connectivity index (χ1v) is 10.3. The van der Waals surface area contributed by atoms with Gasteiger partial charge in [0.2, 0.25) is 0 Å². The van der Waals surface area contributed by atoms with Crippen LogP contribution in [-0.4, -0.2) is 26.4 Å². The van der Waals surface area contributed by atoms with Crippen molar-refractivity contribution in [3.63, 3.8) is 0 Å². The minimum atomic E-state index is -0.596. The third kappa shape index (κ3) is 4.04. The number of hydrogen-bond acceptors (Lipinski definition) is 4. The summed E-state index contributed by atoms with van der Waals surface area (Å²) in [5.74, 6) is -0.719. The number of H-pyrrole nitrogens is 4. The lowest BCUT2D eigenvalue weighted by Crippen LogP contribution is -2.20. The molecule has 8 nitrogen and oxygen atoms in total. The Bertz CT molecular complexity index is 1290. The normalized spacial score (nSPS) is 11.1. The number of aryl methyl sites for hydroxylation is 2. The minimum absolute atomic E-state index is 0.298. The molecule has 0 unspecified atom stereocenters. The number of halogens is 1. The van der Waals surface area contributed by atoms with Crippen molar-refractivity contribution >= 4 is 21.9 Å². The molecule has 0 fully saturated rings. The van der Waals surface area contributed by atoms with E-state index in [9.17, 15) is 14.4 Å². The minimum Gasteiger partial charge on any atom is -0.423 e. The Labute approximate surface area is 184 Å². The lowest BCUT2D eigenvalue weighted by Gasteiger charge is -2.16. The van der Waals surface area contributed by atoms with E-state index in [-0.39, 0.29) is 11.1 Å². The number of carbonyl (C=O) groups excluding carboxylic acids is 1. The van der Waals surface area contributed by atoms with Gasteiger partial charge >= 0.3 is 5.97 Å². The molecule has 0 bridgehead atoms. The molecule has 0 aliphatic rings. The van der Waals surface area contributed by atoms with Gasteiger partial charge in [0.25, 0.3) is 11.1 Å².